The summed E-state index contributed by atoms with van der Waals surface area (Å²) in [5.74, 6) is 3.80. The normalized spacial score (nSPS) is 11.6. The zero-order valence-electron chi connectivity index (χ0n) is 5.38. The van der Waals surface area contributed by atoms with E-state index < -0.39 is 23.3 Å². The molecule has 0 amide bonds. The Labute approximate surface area is 55.0 Å². The molecule has 0 bridgehead atoms. The summed E-state index contributed by atoms with van der Waals surface area (Å²) in [4.78, 5) is 17.4. The molecule has 0 aromatic rings. The van der Waals surface area contributed by atoms with Gasteiger partial charge in [0.1, 0.15) is 0 Å². The molecular formula is C3H11AlO3Si. The molecule has 0 aliphatic carbocycles. The summed E-state index contributed by atoms with van der Waals surface area (Å²) in [6.45, 7) is 1.35. The smallest absolute Gasteiger partial charge is 0.462 e. The second kappa shape index (κ2) is 2.97. The average Bonchev–Trinajstić information content (AvgIpc) is 1.21. The minimum atomic E-state index is -3.16. The molecule has 0 spiro atoms. The van der Waals surface area contributed by atoms with Crippen LogP contribution in [-0.2, 0) is 3.48 Å². The zero-order valence-corrected chi connectivity index (χ0v) is 7.53. The van der Waals surface area contributed by atoms with Crippen molar-refractivity contribution in [3.8, 4) is 0 Å². The number of hydrogen-bond acceptors (Lipinski definition) is 3. The molecule has 0 aromatic heterocycles. The van der Waals surface area contributed by atoms with E-state index in [0.717, 1.165) is 0 Å². The Morgan fingerprint density at radius 1 is 1.38 bits per heavy atom. The topological polar surface area (TPSA) is 49.7 Å². The summed E-state index contributed by atoms with van der Waals surface area (Å²) in [6.07, 6.45) is 0. The molecule has 0 aliphatic rings. The molecular weight excluding hydrogens is 139 g/mol. The summed E-state index contributed by atoms with van der Waals surface area (Å²) < 4.78 is 4.83. The summed E-state index contributed by atoms with van der Waals surface area (Å²) in [5, 5.41) is 0. The molecule has 5 heteroatoms. The van der Waals surface area contributed by atoms with Crippen LogP contribution in [0.5, 0.6) is 0 Å². The molecule has 0 radical (unpaired) electrons. The van der Waals surface area contributed by atoms with Crippen LogP contribution in [0.25, 0.3) is 0 Å². The molecule has 3 nitrogen and oxygen atoms in total. The molecule has 0 unspecified atom stereocenters. The molecule has 0 aliphatic heterocycles. The van der Waals surface area contributed by atoms with Gasteiger partial charge in [0, 0.05) is 6.55 Å². The van der Waals surface area contributed by atoms with Crippen molar-refractivity contribution in [1.82, 2.24) is 0 Å². The molecule has 0 rings (SSSR count). The molecule has 0 aromatic carbocycles. The van der Waals surface area contributed by atoms with Crippen molar-refractivity contribution in [3.63, 3.8) is 0 Å². The van der Waals surface area contributed by atoms with Gasteiger partial charge in [0.2, 0.25) is 0 Å². The quantitative estimate of drug-likeness (QED) is 0.536. The van der Waals surface area contributed by atoms with Gasteiger partial charge < -0.3 is 13.1 Å². The number of hydrogen-bond donors (Lipinski definition) is 2. The van der Waals surface area contributed by atoms with E-state index in [2.05, 4.69) is 0 Å². The first-order valence-electron chi connectivity index (χ1n) is 2.54. The highest BCUT2D eigenvalue weighted by Gasteiger charge is 2.26. The maximum atomic E-state index is 8.70. The Morgan fingerprint density at radius 3 is 1.75 bits per heavy atom. The van der Waals surface area contributed by atoms with E-state index in [9.17, 15) is 0 Å². The van der Waals surface area contributed by atoms with Gasteiger partial charge >= 0.3 is 23.3 Å². The predicted molar refractivity (Wildman–Crippen MR) is 34.6 cm³/mol. The van der Waals surface area contributed by atoms with Gasteiger partial charge in [0.15, 0.2) is 0 Å². The van der Waals surface area contributed by atoms with Crippen LogP contribution in [0.1, 0.15) is 0 Å². The Kier molecular flexibility index (Phi) is 3.20. The van der Waals surface area contributed by atoms with Crippen LogP contribution >= 0.6 is 0 Å². The van der Waals surface area contributed by atoms with Crippen molar-refractivity contribution in [1.29, 1.82) is 0 Å². The van der Waals surface area contributed by atoms with Gasteiger partial charge in [0.25, 0.3) is 0 Å². The van der Waals surface area contributed by atoms with Crippen molar-refractivity contribution in [2.75, 3.05) is 0 Å². The van der Waals surface area contributed by atoms with Crippen molar-refractivity contribution in [3.05, 3.63) is 0 Å². The van der Waals surface area contributed by atoms with Crippen LogP contribution in [0.15, 0.2) is 0 Å². The Morgan fingerprint density at radius 2 is 1.75 bits per heavy atom. The third-order valence-corrected chi connectivity index (χ3v) is 4.13. The van der Waals surface area contributed by atoms with Crippen LogP contribution in [0.4, 0.5) is 0 Å². The lowest BCUT2D eigenvalue weighted by Gasteiger charge is -2.14. The summed E-state index contributed by atoms with van der Waals surface area (Å²) in [5.41, 5.74) is 0. The fourth-order valence-corrected chi connectivity index (χ4v) is 4.02. The minimum absolute atomic E-state index is 1.23. The first-order chi connectivity index (χ1) is 3.42. The van der Waals surface area contributed by atoms with E-state index in [1.165, 1.54) is 6.55 Å². The van der Waals surface area contributed by atoms with Crippen LogP contribution in [0.2, 0.25) is 18.1 Å². The fourth-order valence-electron chi connectivity index (χ4n) is 0.447. The monoisotopic (exact) mass is 150 g/mol. The first kappa shape index (κ1) is 8.63. The van der Waals surface area contributed by atoms with Gasteiger partial charge in [-0.05, 0) is 0 Å². The Balaban J connectivity index is 3.39. The van der Waals surface area contributed by atoms with Crippen LogP contribution in [-0.4, -0.2) is 32.9 Å². The lowest BCUT2D eigenvalue weighted by atomic mass is 11.9. The molecule has 0 heterocycles. The molecule has 0 saturated carbocycles. The summed E-state index contributed by atoms with van der Waals surface area (Å²) in [6, 6.07) is 0. The Hall–Kier alpha value is 0.629. The SMILES string of the molecule is [CH3][Al]([CH3])[O][Si](C)(O)O. The van der Waals surface area contributed by atoms with Gasteiger partial charge in [-0.25, -0.2) is 0 Å². The third-order valence-electron chi connectivity index (χ3n) is 0.459. The van der Waals surface area contributed by atoms with Gasteiger partial charge in [-0.1, -0.05) is 11.6 Å². The van der Waals surface area contributed by atoms with Crippen molar-refractivity contribution in [2.45, 2.75) is 18.1 Å². The largest absolute Gasteiger partial charge is 0.504 e. The standard InChI is InChI=1S/CH5O3Si.2CH3.Al/c1-5(2,3)4;;;/h2-3H,1H3;2*1H3;/q-1;;;+1. The van der Waals surface area contributed by atoms with E-state index in [1.807, 2.05) is 11.6 Å². The average molecular weight is 150 g/mol. The van der Waals surface area contributed by atoms with Gasteiger partial charge in [-0.3, -0.25) is 0 Å². The highest BCUT2D eigenvalue weighted by Crippen LogP contribution is 1.95. The Bertz CT molecular complexity index is 69.4. The highest BCUT2D eigenvalue weighted by molar-refractivity contribution is 6.67. The minimum Gasteiger partial charge on any atom is -0.504 e. The molecule has 8 heavy (non-hydrogen) atoms. The molecule has 0 fully saturated rings. The van der Waals surface area contributed by atoms with E-state index in [-0.39, 0.29) is 0 Å². The van der Waals surface area contributed by atoms with Crippen LogP contribution in [0, 0.1) is 0 Å². The van der Waals surface area contributed by atoms with Gasteiger partial charge in [0.05, 0.1) is 0 Å². The highest BCUT2D eigenvalue weighted by atomic mass is 28.4. The molecule has 0 atom stereocenters. The summed E-state index contributed by atoms with van der Waals surface area (Å²) in [7, 11) is -3.16. The van der Waals surface area contributed by atoms with Gasteiger partial charge in [-0.15, -0.1) is 0 Å². The van der Waals surface area contributed by atoms with Gasteiger partial charge in [-0.2, -0.15) is 0 Å². The predicted octanol–water partition coefficient (Wildman–Crippen LogP) is -0.193. The second-order valence-corrected chi connectivity index (χ2v) is 7.01. The summed E-state index contributed by atoms with van der Waals surface area (Å²) >= 11 is -1.23. The fraction of sp³-hybridized carbons (Fsp3) is 1.00. The maximum Gasteiger partial charge on any atom is 0.462 e. The van der Waals surface area contributed by atoms with E-state index in [0.29, 0.717) is 0 Å². The zero-order chi connectivity index (χ0) is 6.78. The molecule has 2 N–H and O–H groups in total. The lowest BCUT2D eigenvalue weighted by Crippen LogP contribution is -2.38. The van der Waals surface area contributed by atoms with E-state index >= 15 is 0 Å². The lowest BCUT2D eigenvalue weighted by molar-refractivity contribution is 0.252. The van der Waals surface area contributed by atoms with Crippen molar-refractivity contribution >= 4 is 23.3 Å². The molecule has 0 saturated heterocycles. The molecule has 48 valence electrons. The number of rotatable bonds is 2. The second-order valence-electron chi connectivity index (χ2n) is 2.10. The van der Waals surface area contributed by atoms with E-state index in [1.54, 1.807) is 0 Å². The van der Waals surface area contributed by atoms with E-state index in [4.69, 9.17) is 13.1 Å². The maximum absolute atomic E-state index is 8.70. The van der Waals surface area contributed by atoms with Crippen molar-refractivity contribution < 1.29 is 13.1 Å². The van der Waals surface area contributed by atoms with Crippen LogP contribution in [0.3, 0.4) is 0 Å². The third kappa shape index (κ3) is 6.63. The van der Waals surface area contributed by atoms with Crippen molar-refractivity contribution in [2.24, 2.45) is 0 Å². The van der Waals surface area contributed by atoms with Crippen LogP contribution < -0.4 is 0 Å². The first-order valence-corrected chi connectivity index (χ1v) is 7.63.